The highest BCUT2D eigenvalue weighted by atomic mass is 15.1. The van der Waals surface area contributed by atoms with Gasteiger partial charge in [-0.25, -0.2) is 0 Å². The lowest BCUT2D eigenvalue weighted by atomic mass is 10.1. The SMILES string of the molecule is CC(C#N)NCCN1CCCCC1. The second-order valence-corrected chi connectivity index (χ2v) is 3.71. The second-order valence-electron chi connectivity index (χ2n) is 3.71. The molecule has 1 atom stereocenters. The summed E-state index contributed by atoms with van der Waals surface area (Å²) >= 11 is 0. The van der Waals surface area contributed by atoms with Gasteiger partial charge in [-0.3, -0.25) is 0 Å². The van der Waals surface area contributed by atoms with Gasteiger partial charge in [-0.1, -0.05) is 6.42 Å². The van der Waals surface area contributed by atoms with Crippen LogP contribution in [0.3, 0.4) is 0 Å². The third-order valence-electron chi connectivity index (χ3n) is 2.52. The Morgan fingerprint density at radius 1 is 1.38 bits per heavy atom. The third-order valence-corrected chi connectivity index (χ3v) is 2.52. The summed E-state index contributed by atoms with van der Waals surface area (Å²) in [7, 11) is 0. The minimum atomic E-state index is -0.00945. The molecular weight excluding hydrogens is 162 g/mol. The van der Waals surface area contributed by atoms with Crippen molar-refractivity contribution in [3.8, 4) is 6.07 Å². The Bertz CT molecular complexity index is 167. The van der Waals surface area contributed by atoms with Crippen LogP contribution in [0.1, 0.15) is 26.2 Å². The van der Waals surface area contributed by atoms with E-state index < -0.39 is 0 Å². The van der Waals surface area contributed by atoms with Crippen molar-refractivity contribution in [3.63, 3.8) is 0 Å². The molecule has 1 heterocycles. The van der Waals surface area contributed by atoms with Crippen molar-refractivity contribution in [2.75, 3.05) is 26.2 Å². The maximum absolute atomic E-state index is 8.55. The smallest absolute Gasteiger partial charge is 0.0924 e. The largest absolute Gasteiger partial charge is 0.302 e. The Kier molecular flexibility index (Phi) is 4.81. The number of likely N-dealkylation sites (tertiary alicyclic amines) is 1. The van der Waals surface area contributed by atoms with Gasteiger partial charge in [0, 0.05) is 13.1 Å². The summed E-state index contributed by atoms with van der Waals surface area (Å²) in [6.07, 6.45) is 4.07. The number of hydrogen-bond acceptors (Lipinski definition) is 3. The van der Waals surface area contributed by atoms with Gasteiger partial charge in [-0.05, 0) is 32.9 Å². The highest BCUT2D eigenvalue weighted by Crippen LogP contribution is 2.07. The average molecular weight is 181 g/mol. The van der Waals surface area contributed by atoms with E-state index in [9.17, 15) is 0 Å². The summed E-state index contributed by atoms with van der Waals surface area (Å²) in [5, 5.41) is 11.7. The predicted octanol–water partition coefficient (Wildman–Crippen LogP) is 0.974. The lowest BCUT2D eigenvalue weighted by Crippen LogP contribution is -2.38. The molecule has 1 saturated heterocycles. The molecule has 1 aliphatic heterocycles. The molecular formula is C10H19N3. The van der Waals surface area contributed by atoms with Gasteiger partial charge in [0.2, 0.25) is 0 Å². The van der Waals surface area contributed by atoms with Gasteiger partial charge in [0.25, 0.3) is 0 Å². The first-order valence-corrected chi connectivity index (χ1v) is 5.18. The van der Waals surface area contributed by atoms with E-state index in [4.69, 9.17) is 5.26 Å². The standard InChI is InChI=1S/C10H19N3/c1-10(9-11)12-5-8-13-6-3-2-4-7-13/h10,12H,2-8H2,1H3. The fraction of sp³-hybridized carbons (Fsp3) is 0.900. The predicted molar refractivity (Wildman–Crippen MR) is 53.4 cm³/mol. The molecule has 74 valence electrons. The summed E-state index contributed by atoms with van der Waals surface area (Å²) in [6, 6.07) is 2.16. The molecule has 1 rings (SSSR count). The molecule has 0 spiro atoms. The van der Waals surface area contributed by atoms with Crippen LogP contribution in [0.2, 0.25) is 0 Å². The molecule has 0 aromatic rings. The van der Waals surface area contributed by atoms with E-state index in [2.05, 4.69) is 16.3 Å². The van der Waals surface area contributed by atoms with Crippen molar-refractivity contribution in [2.45, 2.75) is 32.2 Å². The molecule has 0 radical (unpaired) electrons. The molecule has 3 heteroatoms. The monoisotopic (exact) mass is 181 g/mol. The zero-order chi connectivity index (χ0) is 9.52. The van der Waals surface area contributed by atoms with Gasteiger partial charge in [-0.2, -0.15) is 5.26 Å². The topological polar surface area (TPSA) is 39.1 Å². The van der Waals surface area contributed by atoms with Gasteiger partial charge < -0.3 is 10.2 Å². The van der Waals surface area contributed by atoms with Crippen LogP contribution < -0.4 is 5.32 Å². The second kappa shape index (κ2) is 5.95. The van der Waals surface area contributed by atoms with E-state index >= 15 is 0 Å². The van der Waals surface area contributed by atoms with Crippen LogP contribution in [0.5, 0.6) is 0 Å². The summed E-state index contributed by atoms with van der Waals surface area (Å²) in [5.74, 6) is 0. The molecule has 1 unspecified atom stereocenters. The van der Waals surface area contributed by atoms with Crippen LogP contribution in [0.4, 0.5) is 0 Å². The first-order valence-electron chi connectivity index (χ1n) is 5.18. The van der Waals surface area contributed by atoms with Crippen molar-refractivity contribution in [1.82, 2.24) is 10.2 Å². The zero-order valence-corrected chi connectivity index (χ0v) is 8.42. The lowest BCUT2D eigenvalue weighted by molar-refractivity contribution is 0.228. The van der Waals surface area contributed by atoms with Gasteiger partial charge >= 0.3 is 0 Å². The molecule has 1 aliphatic rings. The first-order chi connectivity index (χ1) is 6.33. The highest BCUT2D eigenvalue weighted by Gasteiger charge is 2.09. The van der Waals surface area contributed by atoms with Crippen molar-refractivity contribution in [1.29, 1.82) is 5.26 Å². The molecule has 0 saturated carbocycles. The molecule has 0 bridgehead atoms. The number of nitrogens with zero attached hydrogens (tertiary/aromatic N) is 2. The fourth-order valence-electron chi connectivity index (χ4n) is 1.67. The van der Waals surface area contributed by atoms with Crippen molar-refractivity contribution < 1.29 is 0 Å². The van der Waals surface area contributed by atoms with Gasteiger partial charge in [0.05, 0.1) is 12.1 Å². The van der Waals surface area contributed by atoms with Crippen LogP contribution in [0, 0.1) is 11.3 Å². The molecule has 0 aliphatic carbocycles. The molecule has 13 heavy (non-hydrogen) atoms. The normalized spacial score (nSPS) is 20.9. The maximum atomic E-state index is 8.55. The summed E-state index contributed by atoms with van der Waals surface area (Å²) < 4.78 is 0. The molecule has 1 N–H and O–H groups in total. The molecule has 3 nitrogen and oxygen atoms in total. The minimum absolute atomic E-state index is 0.00945. The van der Waals surface area contributed by atoms with Crippen LogP contribution in [0.15, 0.2) is 0 Å². The zero-order valence-electron chi connectivity index (χ0n) is 8.42. The number of nitriles is 1. The van der Waals surface area contributed by atoms with Crippen LogP contribution in [-0.2, 0) is 0 Å². The molecule has 0 aromatic carbocycles. The highest BCUT2D eigenvalue weighted by molar-refractivity contribution is 4.85. The Hall–Kier alpha value is -0.590. The molecule has 0 aromatic heterocycles. The first kappa shape index (κ1) is 10.5. The Balaban J connectivity index is 2.02. The van der Waals surface area contributed by atoms with E-state index in [1.165, 1.54) is 32.4 Å². The van der Waals surface area contributed by atoms with Crippen LogP contribution in [-0.4, -0.2) is 37.1 Å². The fourth-order valence-corrected chi connectivity index (χ4v) is 1.67. The van der Waals surface area contributed by atoms with Crippen LogP contribution >= 0.6 is 0 Å². The number of hydrogen-bond donors (Lipinski definition) is 1. The van der Waals surface area contributed by atoms with E-state index in [1.807, 2.05) is 6.92 Å². The third kappa shape index (κ3) is 4.25. The van der Waals surface area contributed by atoms with Gasteiger partial charge in [0.15, 0.2) is 0 Å². The quantitative estimate of drug-likeness (QED) is 0.702. The van der Waals surface area contributed by atoms with E-state index in [0.717, 1.165) is 13.1 Å². The molecule has 1 fully saturated rings. The van der Waals surface area contributed by atoms with Crippen LogP contribution in [0.25, 0.3) is 0 Å². The maximum Gasteiger partial charge on any atom is 0.0924 e. The Labute approximate surface area is 80.7 Å². The lowest BCUT2D eigenvalue weighted by Gasteiger charge is -2.26. The van der Waals surface area contributed by atoms with E-state index in [1.54, 1.807) is 0 Å². The summed E-state index contributed by atoms with van der Waals surface area (Å²) in [6.45, 7) is 6.40. The van der Waals surface area contributed by atoms with Crippen molar-refractivity contribution >= 4 is 0 Å². The van der Waals surface area contributed by atoms with Crippen molar-refractivity contribution in [3.05, 3.63) is 0 Å². The Morgan fingerprint density at radius 3 is 2.69 bits per heavy atom. The number of piperidine rings is 1. The summed E-state index contributed by atoms with van der Waals surface area (Å²) in [5.41, 5.74) is 0. The average Bonchev–Trinajstić information content (AvgIpc) is 2.19. The van der Waals surface area contributed by atoms with Gasteiger partial charge in [-0.15, -0.1) is 0 Å². The number of rotatable bonds is 4. The van der Waals surface area contributed by atoms with Gasteiger partial charge in [0.1, 0.15) is 0 Å². The Morgan fingerprint density at radius 2 is 2.08 bits per heavy atom. The van der Waals surface area contributed by atoms with E-state index in [-0.39, 0.29) is 6.04 Å². The number of nitrogens with one attached hydrogen (secondary N) is 1. The van der Waals surface area contributed by atoms with E-state index in [0.29, 0.717) is 0 Å². The summed E-state index contributed by atoms with van der Waals surface area (Å²) in [4.78, 5) is 2.47. The molecule has 0 amide bonds. The minimum Gasteiger partial charge on any atom is -0.302 e. The van der Waals surface area contributed by atoms with Crippen molar-refractivity contribution in [2.24, 2.45) is 0 Å².